The Labute approximate surface area is 101 Å². The number of pyridine rings is 1. The second-order valence-electron chi connectivity index (χ2n) is 3.99. The second-order valence-corrected chi connectivity index (χ2v) is 3.99. The molecule has 0 spiro atoms. The molecule has 0 atom stereocenters. The lowest BCUT2D eigenvalue weighted by Gasteiger charge is -2.08. The molecule has 0 aliphatic rings. The van der Waals surface area contributed by atoms with E-state index < -0.39 is 0 Å². The van der Waals surface area contributed by atoms with Crippen molar-refractivity contribution in [3.05, 3.63) is 65.7 Å². The van der Waals surface area contributed by atoms with Crippen LogP contribution in [0.25, 0.3) is 11.1 Å². The molecule has 0 bridgehead atoms. The van der Waals surface area contributed by atoms with Crippen molar-refractivity contribution >= 4 is 11.1 Å². The number of hydrogen-bond donors (Lipinski definition) is 0. The molecule has 86 valence electrons. The van der Waals surface area contributed by atoms with E-state index in [1.807, 2.05) is 19.1 Å². The maximum Gasteiger partial charge on any atom is 0.123 e. The molecular formula is C15H14FN. The van der Waals surface area contributed by atoms with Crippen molar-refractivity contribution in [2.75, 3.05) is 0 Å². The third-order valence-electron chi connectivity index (χ3n) is 2.95. The first kappa shape index (κ1) is 11.5. The van der Waals surface area contributed by atoms with E-state index in [-0.39, 0.29) is 5.82 Å². The molecule has 0 saturated heterocycles. The Morgan fingerprint density at radius 2 is 1.29 bits per heavy atom. The lowest BCUT2D eigenvalue weighted by molar-refractivity contribution is 0.627. The fraction of sp³-hybridized carbons (Fsp3) is 0.133. The molecule has 1 aromatic carbocycles. The third kappa shape index (κ3) is 2.59. The van der Waals surface area contributed by atoms with Crippen LogP contribution in [0, 0.1) is 5.82 Å². The maximum absolute atomic E-state index is 12.8. The van der Waals surface area contributed by atoms with Gasteiger partial charge in [0.15, 0.2) is 0 Å². The fourth-order valence-corrected chi connectivity index (χ4v) is 1.73. The van der Waals surface area contributed by atoms with Crippen LogP contribution in [-0.2, 0) is 0 Å². The van der Waals surface area contributed by atoms with E-state index in [1.54, 1.807) is 24.5 Å². The molecule has 0 fully saturated rings. The number of aromatic nitrogens is 1. The number of nitrogens with zero attached hydrogens (tertiary/aromatic N) is 1. The number of allylic oxidation sites excluding steroid dienone is 2. The van der Waals surface area contributed by atoms with Gasteiger partial charge in [-0.15, -0.1) is 0 Å². The highest BCUT2D eigenvalue weighted by atomic mass is 19.1. The van der Waals surface area contributed by atoms with Gasteiger partial charge in [0, 0.05) is 12.4 Å². The van der Waals surface area contributed by atoms with Crippen LogP contribution in [0.1, 0.15) is 25.0 Å². The van der Waals surface area contributed by atoms with Crippen LogP contribution in [0.4, 0.5) is 4.39 Å². The van der Waals surface area contributed by atoms with Crippen LogP contribution in [-0.4, -0.2) is 4.98 Å². The predicted octanol–water partition coefficient (Wildman–Crippen LogP) is 4.17. The van der Waals surface area contributed by atoms with Crippen LogP contribution in [0.15, 0.2) is 48.8 Å². The normalized spacial score (nSPS) is 12.2. The zero-order chi connectivity index (χ0) is 12.3. The summed E-state index contributed by atoms with van der Waals surface area (Å²) in [5, 5.41) is 0. The SMILES string of the molecule is C/C(=C(\C)c1ccc(F)cc1)c1ccncc1. The zero-order valence-corrected chi connectivity index (χ0v) is 9.94. The molecule has 2 heteroatoms. The van der Waals surface area contributed by atoms with Crippen molar-refractivity contribution in [2.45, 2.75) is 13.8 Å². The summed E-state index contributed by atoms with van der Waals surface area (Å²) in [6.45, 7) is 4.11. The lowest BCUT2D eigenvalue weighted by atomic mass is 9.98. The summed E-state index contributed by atoms with van der Waals surface area (Å²) in [4.78, 5) is 4.00. The summed E-state index contributed by atoms with van der Waals surface area (Å²) in [7, 11) is 0. The first-order valence-corrected chi connectivity index (χ1v) is 5.52. The van der Waals surface area contributed by atoms with Crippen molar-refractivity contribution in [2.24, 2.45) is 0 Å². The monoisotopic (exact) mass is 227 g/mol. The first-order chi connectivity index (χ1) is 8.18. The number of hydrogen-bond acceptors (Lipinski definition) is 1. The van der Waals surface area contributed by atoms with Crippen LogP contribution >= 0.6 is 0 Å². The Hall–Kier alpha value is -1.96. The van der Waals surface area contributed by atoms with Gasteiger partial charge in [-0.1, -0.05) is 12.1 Å². The zero-order valence-electron chi connectivity index (χ0n) is 9.94. The highest BCUT2D eigenvalue weighted by Gasteiger charge is 2.03. The van der Waals surface area contributed by atoms with E-state index in [2.05, 4.69) is 11.9 Å². The topological polar surface area (TPSA) is 12.9 Å². The van der Waals surface area contributed by atoms with Crippen LogP contribution in [0.5, 0.6) is 0 Å². The highest BCUT2D eigenvalue weighted by Crippen LogP contribution is 2.25. The second kappa shape index (κ2) is 4.91. The molecule has 0 N–H and O–H groups in total. The Balaban J connectivity index is 2.41. The standard InChI is InChI=1S/C15H14FN/c1-11(13-3-5-15(16)6-4-13)12(2)14-7-9-17-10-8-14/h3-10H,1-2H3/b12-11-. The van der Waals surface area contributed by atoms with Gasteiger partial charge in [0.25, 0.3) is 0 Å². The molecule has 2 aromatic rings. The van der Waals surface area contributed by atoms with Gasteiger partial charge in [0.05, 0.1) is 0 Å². The summed E-state index contributed by atoms with van der Waals surface area (Å²) < 4.78 is 12.8. The van der Waals surface area contributed by atoms with Crippen molar-refractivity contribution in [1.82, 2.24) is 4.98 Å². The molecule has 0 amide bonds. The van der Waals surface area contributed by atoms with E-state index in [0.29, 0.717) is 0 Å². The molecule has 0 unspecified atom stereocenters. The molecule has 1 nitrogen and oxygen atoms in total. The smallest absolute Gasteiger partial charge is 0.123 e. The molecule has 2 rings (SSSR count). The molecule has 17 heavy (non-hydrogen) atoms. The summed E-state index contributed by atoms with van der Waals surface area (Å²) in [5.41, 5.74) is 4.51. The van der Waals surface area contributed by atoms with Crippen LogP contribution in [0.3, 0.4) is 0 Å². The molecule has 1 aromatic heterocycles. The van der Waals surface area contributed by atoms with Gasteiger partial charge in [-0.2, -0.15) is 0 Å². The van der Waals surface area contributed by atoms with E-state index in [0.717, 1.165) is 16.7 Å². The predicted molar refractivity (Wildman–Crippen MR) is 68.8 cm³/mol. The molecule has 0 saturated carbocycles. The van der Waals surface area contributed by atoms with Crippen molar-refractivity contribution in [3.63, 3.8) is 0 Å². The minimum absolute atomic E-state index is 0.205. The number of rotatable bonds is 2. The van der Waals surface area contributed by atoms with E-state index in [1.165, 1.54) is 17.7 Å². The van der Waals surface area contributed by atoms with Crippen molar-refractivity contribution < 1.29 is 4.39 Å². The average Bonchev–Trinajstić information content (AvgIpc) is 2.39. The quantitative estimate of drug-likeness (QED) is 0.750. The lowest BCUT2D eigenvalue weighted by Crippen LogP contribution is -1.87. The summed E-state index contributed by atoms with van der Waals surface area (Å²) >= 11 is 0. The molecular weight excluding hydrogens is 213 g/mol. The summed E-state index contributed by atoms with van der Waals surface area (Å²) in [6.07, 6.45) is 3.55. The third-order valence-corrected chi connectivity index (χ3v) is 2.95. The molecule has 0 aliphatic carbocycles. The van der Waals surface area contributed by atoms with Gasteiger partial charge < -0.3 is 0 Å². The van der Waals surface area contributed by atoms with Gasteiger partial charge in [-0.25, -0.2) is 4.39 Å². The maximum atomic E-state index is 12.8. The number of benzene rings is 1. The first-order valence-electron chi connectivity index (χ1n) is 5.52. The van der Waals surface area contributed by atoms with Crippen molar-refractivity contribution in [3.8, 4) is 0 Å². The van der Waals surface area contributed by atoms with E-state index in [4.69, 9.17) is 0 Å². The largest absolute Gasteiger partial charge is 0.265 e. The van der Waals surface area contributed by atoms with Crippen LogP contribution in [0.2, 0.25) is 0 Å². The highest BCUT2D eigenvalue weighted by molar-refractivity contribution is 5.88. The Kier molecular flexibility index (Phi) is 3.33. The average molecular weight is 227 g/mol. The summed E-state index contributed by atoms with van der Waals surface area (Å²) in [5.74, 6) is -0.205. The Morgan fingerprint density at radius 1 is 0.824 bits per heavy atom. The molecule has 0 radical (unpaired) electrons. The van der Waals surface area contributed by atoms with E-state index in [9.17, 15) is 4.39 Å². The van der Waals surface area contributed by atoms with Crippen molar-refractivity contribution in [1.29, 1.82) is 0 Å². The van der Waals surface area contributed by atoms with Gasteiger partial charge in [0.1, 0.15) is 5.82 Å². The molecule has 0 aliphatic heterocycles. The fourth-order valence-electron chi connectivity index (χ4n) is 1.73. The summed E-state index contributed by atoms with van der Waals surface area (Å²) in [6, 6.07) is 10.5. The van der Waals surface area contributed by atoms with Gasteiger partial charge in [-0.3, -0.25) is 4.98 Å². The van der Waals surface area contributed by atoms with Gasteiger partial charge >= 0.3 is 0 Å². The number of halogens is 1. The Morgan fingerprint density at radius 3 is 1.82 bits per heavy atom. The molecule has 1 heterocycles. The minimum atomic E-state index is -0.205. The van der Waals surface area contributed by atoms with E-state index >= 15 is 0 Å². The minimum Gasteiger partial charge on any atom is -0.265 e. The van der Waals surface area contributed by atoms with Crippen LogP contribution < -0.4 is 0 Å². The van der Waals surface area contributed by atoms with Gasteiger partial charge in [-0.05, 0) is 60.4 Å². The Bertz CT molecular complexity index is 527. The van der Waals surface area contributed by atoms with Gasteiger partial charge in [0.2, 0.25) is 0 Å².